The number of rotatable bonds is 90. The molecule has 0 spiro atoms. The molecule has 0 unspecified atom stereocenters. The van der Waals surface area contributed by atoms with Crippen molar-refractivity contribution in [1.29, 1.82) is 0 Å². The van der Waals surface area contributed by atoms with E-state index in [1.807, 2.05) is 0 Å². The van der Waals surface area contributed by atoms with Gasteiger partial charge in [-0.3, -0.25) is 0 Å². The summed E-state index contributed by atoms with van der Waals surface area (Å²) in [7, 11) is 0. The Balaban J connectivity index is -0.000000257. The van der Waals surface area contributed by atoms with Crippen molar-refractivity contribution in [3.63, 3.8) is 0 Å². The van der Waals surface area contributed by atoms with E-state index in [2.05, 4.69) is 114 Å². The van der Waals surface area contributed by atoms with Crippen molar-refractivity contribution in [2.45, 2.75) is 581 Å². The molecular formula is C108H198O12U. The van der Waals surface area contributed by atoms with Crippen LogP contribution < -0.4 is 30.6 Å². The van der Waals surface area contributed by atoms with Gasteiger partial charge in [-0.25, -0.2) is 0 Å². The van der Waals surface area contributed by atoms with Gasteiger partial charge in [0.25, 0.3) is 0 Å². The molecule has 12 nitrogen and oxygen atoms in total. The normalized spacial score (nSPS) is 11.2. The molecule has 121 heavy (non-hydrogen) atoms. The van der Waals surface area contributed by atoms with Crippen molar-refractivity contribution in [2.24, 2.45) is 0 Å². The van der Waals surface area contributed by atoms with Gasteiger partial charge in [0.1, 0.15) is 0 Å². The number of allylic oxidation sites excluding steroid dienone is 12. The third-order valence-electron chi connectivity index (χ3n) is 21.9. The van der Waals surface area contributed by atoms with Gasteiger partial charge < -0.3 is 59.4 Å². The number of carboxylic acid groups (broad SMARTS) is 6. The summed E-state index contributed by atoms with van der Waals surface area (Å²) in [5, 5.41) is 61.3. The molecule has 0 saturated carbocycles. The quantitative estimate of drug-likeness (QED) is 0.0408. The molecule has 0 fully saturated rings. The third-order valence-corrected chi connectivity index (χ3v) is 21.9. The average molecular weight is 1930 g/mol. The summed E-state index contributed by atoms with van der Waals surface area (Å²) in [5.74, 6) is -5.49. The Bertz CT molecular complexity index is 1800. The number of hydrogen-bond acceptors (Lipinski definition) is 12. The SMILES string of the molecule is CCCCCCCCC=CCCCCCCCC(=O)[O-].CCCCCCCCC=CCCCCCCCC(=O)[O-].CCCCCCCCC=CCCCCCCCC(=O)[O-].CCCCCCCCC=CCCCCCCCC(=O)[O-].CCCCCCCCC=CCCCCCCCC(=O)[O-].CCCCCCCCC=CCCCCCCCC(=O)[O-].[U+6]. The van der Waals surface area contributed by atoms with Crippen LogP contribution in [0.5, 0.6) is 0 Å². The van der Waals surface area contributed by atoms with E-state index in [1.165, 1.54) is 385 Å². The first-order chi connectivity index (χ1) is 58.6. The second-order valence-corrected chi connectivity index (χ2v) is 34.2. The van der Waals surface area contributed by atoms with Crippen molar-refractivity contribution in [3.05, 3.63) is 72.9 Å². The zero-order valence-electron chi connectivity index (χ0n) is 80.7. The molecular weight excluding hydrogens is 1730 g/mol. The largest absolute Gasteiger partial charge is 6.00 e. The second kappa shape index (κ2) is 127. The number of carbonyl (C=O) groups is 6. The molecule has 0 amide bonds. The first-order valence-electron chi connectivity index (χ1n) is 51.7. The zero-order chi connectivity index (χ0) is 89.3. The molecule has 0 aliphatic rings. The molecule has 13 heteroatoms. The van der Waals surface area contributed by atoms with Crippen molar-refractivity contribution < 1.29 is 90.5 Å². The van der Waals surface area contributed by atoms with E-state index in [4.69, 9.17) is 0 Å². The number of unbranched alkanes of at least 4 members (excludes halogenated alkanes) is 66. The summed E-state index contributed by atoms with van der Waals surface area (Å²) < 4.78 is 0. The van der Waals surface area contributed by atoms with Gasteiger partial charge in [-0.15, -0.1) is 0 Å². The minimum Gasteiger partial charge on any atom is -0.550 e. The monoisotopic (exact) mass is 1930 g/mol. The zero-order valence-corrected chi connectivity index (χ0v) is 84.9. The van der Waals surface area contributed by atoms with Gasteiger partial charge in [-0.1, -0.05) is 423 Å². The van der Waals surface area contributed by atoms with Crippen LogP contribution in [0.4, 0.5) is 0 Å². The number of aliphatic carboxylic acids is 6. The molecule has 0 aromatic heterocycles. The predicted octanol–water partition coefficient (Wildman–Crippen LogP) is 28.6. The minimum absolute atomic E-state index is 0. The Hall–Kier alpha value is -3.69. The molecule has 706 valence electrons. The van der Waals surface area contributed by atoms with Crippen molar-refractivity contribution in [2.75, 3.05) is 0 Å². The van der Waals surface area contributed by atoms with E-state index in [-0.39, 0.29) is 69.6 Å². The van der Waals surface area contributed by atoms with E-state index in [0.717, 1.165) is 116 Å². The van der Waals surface area contributed by atoms with Crippen molar-refractivity contribution in [1.82, 2.24) is 0 Å². The molecule has 0 bridgehead atoms. The Kier molecular flexibility index (Phi) is 137. The van der Waals surface area contributed by atoms with E-state index in [1.54, 1.807) is 0 Å². The Morgan fingerprint density at radius 1 is 0.132 bits per heavy atom. The summed E-state index contributed by atoms with van der Waals surface area (Å²) in [4.78, 5) is 61.3. The maximum absolute atomic E-state index is 10.2. The smallest absolute Gasteiger partial charge is 0.550 e. The van der Waals surface area contributed by atoms with Gasteiger partial charge >= 0.3 is 31.1 Å². The summed E-state index contributed by atoms with van der Waals surface area (Å²) >= 11 is 0. The Labute approximate surface area is 774 Å². The number of carboxylic acids is 6. The summed E-state index contributed by atoms with van der Waals surface area (Å²) in [6, 6.07) is 0. The number of carbonyl (C=O) groups excluding carboxylic acids is 6. The molecule has 0 atom stereocenters. The first kappa shape index (κ1) is 130. The van der Waals surface area contributed by atoms with Crippen LogP contribution in [-0.4, -0.2) is 35.8 Å². The maximum atomic E-state index is 10.2. The molecule has 0 radical (unpaired) electrons. The van der Waals surface area contributed by atoms with E-state index in [9.17, 15) is 59.4 Å². The van der Waals surface area contributed by atoms with Gasteiger partial charge in [0.05, 0.1) is 0 Å². The fourth-order valence-corrected chi connectivity index (χ4v) is 14.0. The Morgan fingerprint density at radius 3 is 0.289 bits per heavy atom. The molecule has 0 aromatic rings. The molecule has 0 heterocycles. The van der Waals surface area contributed by atoms with Crippen LogP contribution in [0.25, 0.3) is 0 Å². The van der Waals surface area contributed by atoms with Gasteiger partial charge in [0.15, 0.2) is 0 Å². The van der Waals surface area contributed by atoms with Crippen LogP contribution in [0.15, 0.2) is 72.9 Å². The summed E-state index contributed by atoms with van der Waals surface area (Å²) in [6.07, 6.45) is 125. The van der Waals surface area contributed by atoms with Crippen LogP contribution in [-0.2, 0) is 28.8 Å². The topological polar surface area (TPSA) is 241 Å². The van der Waals surface area contributed by atoms with E-state index >= 15 is 0 Å². The average Bonchev–Trinajstić information content (AvgIpc) is 1.37. The van der Waals surface area contributed by atoms with E-state index < -0.39 is 35.8 Å². The van der Waals surface area contributed by atoms with Crippen LogP contribution in [0.2, 0.25) is 0 Å². The van der Waals surface area contributed by atoms with Gasteiger partial charge in [-0.2, -0.15) is 0 Å². The first-order valence-corrected chi connectivity index (χ1v) is 51.7. The Morgan fingerprint density at radius 2 is 0.207 bits per heavy atom. The standard InChI is InChI=1S/6C18H34O2.U/c6*1-2-3-4-5-6-7-8-9-10-11-12-13-14-15-16-17-18(19)20;/h6*9-10H,2-8,11-17H2,1H3,(H,19,20);/q;;;;;;+6/p-6. The maximum Gasteiger partial charge on any atom is 6.00 e. The van der Waals surface area contributed by atoms with Gasteiger partial charge in [0.2, 0.25) is 0 Å². The molecule has 0 rings (SSSR count). The van der Waals surface area contributed by atoms with Crippen LogP contribution in [0, 0.1) is 31.1 Å². The molecule has 0 aromatic carbocycles. The predicted molar refractivity (Wildman–Crippen MR) is 507 cm³/mol. The van der Waals surface area contributed by atoms with Gasteiger partial charge in [-0.05, 0) is 231 Å². The third kappa shape index (κ3) is 157. The van der Waals surface area contributed by atoms with Crippen LogP contribution >= 0.6 is 0 Å². The fourth-order valence-electron chi connectivity index (χ4n) is 14.0. The minimum atomic E-state index is -0.914. The van der Waals surface area contributed by atoms with Crippen LogP contribution in [0.3, 0.4) is 0 Å². The molecule has 0 aliphatic carbocycles. The van der Waals surface area contributed by atoms with Crippen LogP contribution in [0.1, 0.15) is 581 Å². The van der Waals surface area contributed by atoms with Gasteiger partial charge in [0, 0.05) is 35.8 Å². The van der Waals surface area contributed by atoms with Crippen molar-refractivity contribution >= 4 is 35.8 Å². The summed E-state index contributed by atoms with van der Waals surface area (Å²) in [6.45, 7) is 13.5. The molecule has 0 saturated heterocycles. The molecule has 0 aliphatic heterocycles. The number of hydrogen-bond donors (Lipinski definition) is 0. The molecule has 0 N–H and O–H groups in total. The fraction of sp³-hybridized carbons (Fsp3) is 0.833. The second-order valence-electron chi connectivity index (χ2n) is 34.2. The van der Waals surface area contributed by atoms with Crippen molar-refractivity contribution in [3.8, 4) is 0 Å². The van der Waals surface area contributed by atoms with E-state index in [0.29, 0.717) is 0 Å². The summed E-state index contributed by atoms with van der Waals surface area (Å²) in [5.41, 5.74) is 0.